The molecule has 0 fully saturated rings. The minimum absolute atomic E-state index is 0.206. The van der Waals surface area contributed by atoms with E-state index in [-0.39, 0.29) is 11.9 Å². The highest BCUT2D eigenvalue weighted by atomic mass is 35.5. The molecule has 3 heteroatoms. The maximum absolute atomic E-state index is 13.3. The lowest BCUT2D eigenvalue weighted by atomic mass is 10.00. The smallest absolute Gasteiger partial charge is 0.125 e. The van der Waals surface area contributed by atoms with Crippen LogP contribution in [-0.2, 0) is 6.54 Å². The highest BCUT2D eigenvalue weighted by Crippen LogP contribution is 2.20. The predicted molar refractivity (Wildman–Crippen MR) is 82.6 cm³/mol. The van der Waals surface area contributed by atoms with Crippen LogP contribution in [-0.4, -0.2) is 0 Å². The van der Waals surface area contributed by atoms with Crippen molar-refractivity contribution in [1.29, 1.82) is 0 Å². The van der Waals surface area contributed by atoms with Crippen LogP contribution < -0.4 is 5.32 Å². The summed E-state index contributed by atoms with van der Waals surface area (Å²) in [6.07, 6.45) is 0. The molecule has 2 rings (SSSR count). The molecule has 0 saturated carbocycles. The van der Waals surface area contributed by atoms with Gasteiger partial charge in [-0.3, -0.25) is 0 Å². The molecule has 0 bridgehead atoms. The van der Waals surface area contributed by atoms with Crippen molar-refractivity contribution in [3.63, 3.8) is 0 Å². The summed E-state index contributed by atoms with van der Waals surface area (Å²) >= 11 is 5.86. The van der Waals surface area contributed by atoms with Gasteiger partial charge in [-0.2, -0.15) is 0 Å². The minimum atomic E-state index is -0.298. The molecule has 2 aromatic carbocycles. The molecule has 1 atom stereocenters. The third-order valence-corrected chi connectivity index (χ3v) is 3.64. The van der Waals surface area contributed by atoms with Gasteiger partial charge >= 0.3 is 0 Å². The summed E-state index contributed by atoms with van der Waals surface area (Å²) < 4.78 is 13.3. The Morgan fingerprint density at radius 2 is 1.90 bits per heavy atom. The van der Waals surface area contributed by atoms with Crippen molar-refractivity contribution >= 4 is 11.6 Å². The van der Waals surface area contributed by atoms with Gasteiger partial charge in [0.1, 0.15) is 5.82 Å². The fourth-order valence-electron chi connectivity index (χ4n) is 2.41. The summed E-state index contributed by atoms with van der Waals surface area (Å²) in [5.41, 5.74) is 4.64. The first kappa shape index (κ1) is 15.0. The van der Waals surface area contributed by atoms with Gasteiger partial charge in [0.2, 0.25) is 0 Å². The molecule has 1 nitrogen and oxygen atoms in total. The molecule has 106 valence electrons. The first-order valence-electron chi connectivity index (χ1n) is 6.71. The molecule has 0 aliphatic rings. The van der Waals surface area contributed by atoms with Gasteiger partial charge in [-0.25, -0.2) is 4.39 Å². The second kappa shape index (κ2) is 6.38. The number of hydrogen-bond donors (Lipinski definition) is 1. The Kier molecular flexibility index (Phi) is 4.79. The van der Waals surface area contributed by atoms with E-state index in [0.29, 0.717) is 11.6 Å². The minimum Gasteiger partial charge on any atom is -0.306 e. The van der Waals surface area contributed by atoms with E-state index in [1.807, 2.05) is 0 Å². The van der Waals surface area contributed by atoms with E-state index in [0.717, 1.165) is 5.56 Å². The molecule has 1 unspecified atom stereocenters. The van der Waals surface area contributed by atoms with E-state index in [2.05, 4.69) is 44.3 Å². The van der Waals surface area contributed by atoms with Crippen molar-refractivity contribution in [2.45, 2.75) is 33.4 Å². The average Bonchev–Trinajstić information content (AvgIpc) is 2.35. The number of rotatable bonds is 4. The van der Waals surface area contributed by atoms with E-state index in [1.165, 1.54) is 28.8 Å². The fraction of sp³-hybridized carbons (Fsp3) is 0.294. The van der Waals surface area contributed by atoms with Crippen LogP contribution in [0.15, 0.2) is 36.4 Å². The van der Waals surface area contributed by atoms with Gasteiger partial charge in [0.15, 0.2) is 0 Å². The third-order valence-electron chi connectivity index (χ3n) is 3.43. The van der Waals surface area contributed by atoms with Crippen LogP contribution in [0.5, 0.6) is 0 Å². The van der Waals surface area contributed by atoms with Crippen molar-refractivity contribution in [2.24, 2.45) is 0 Å². The van der Waals surface area contributed by atoms with Crippen LogP contribution in [0.3, 0.4) is 0 Å². The second-order valence-corrected chi connectivity index (χ2v) is 5.68. The molecule has 0 amide bonds. The molecule has 0 spiro atoms. The van der Waals surface area contributed by atoms with Crippen LogP contribution in [0.1, 0.15) is 35.2 Å². The zero-order chi connectivity index (χ0) is 14.7. The zero-order valence-electron chi connectivity index (χ0n) is 12.0. The Hall–Kier alpha value is -1.38. The summed E-state index contributed by atoms with van der Waals surface area (Å²) in [5, 5.41) is 3.84. The van der Waals surface area contributed by atoms with Crippen LogP contribution in [0.25, 0.3) is 0 Å². The maximum atomic E-state index is 13.3. The molecule has 1 N–H and O–H groups in total. The molecule has 2 aromatic rings. The Labute approximate surface area is 124 Å². The van der Waals surface area contributed by atoms with Crippen molar-refractivity contribution in [3.05, 3.63) is 69.5 Å². The number of nitrogens with one attached hydrogen (secondary N) is 1. The lowest BCUT2D eigenvalue weighted by Crippen LogP contribution is -2.19. The SMILES string of the molecule is Cc1ccc(C(C)NCc2cc(F)cc(Cl)c2)c(C)c1. The van der Waals surface area contributed by atoms with E-state index in [1.54, 1.807) is 6.07 Å². The lowest BCUT2D eigenvalue weighted by Gasteiger charge is -2.17. The van der Waals surface area contributed by atoms with Gasteiger partial charge < -0.3 is 5.32 Å². The molecular formula is C17H19ClFN. The number of halogens is 2. The van der Waals surface area contributed by atoms with Gasteiger partial charge in [0.05, 0.1) is 0 Å². The van der Waals surface area contributed by atoms with E-state index in [4.69, 9.17) is 11.6 Å². The number of hydrogen-bond acceptors (Lipinski definition) is 1. The number of benzene rings is 2. The lowest BCUT2D eigenvalue weighted by molar-refractivity contribution is 0.567. The topological polar surface area (TPSA) is 12.0 Å². The molecule has 0 aliphatic carbocycles. The molecule has 0 saturated heterocycles. The van der Waals surface area contributed by atoms with Crippen LogP contribution >= 0.6 is 11.6 Å². The summed E-state index contributed by atoms with van der Waals surface area (Å²) in [6, 6.07) is 11.2. The van der Waals surface area contributed by atoms with Crippen molar-refractivity contribution in [1.82, 2.24) is 5.32 Å². The predicted octanol–water partition coefficient (Wildman–Crippen LogP) is 4.95. The van der Waals surface area contributed by atoms with Crippen LogP contribution in [0.4, 0.5) is 4.39 Å². The van der Waals surface area contributed by atoms with Crippen molar-refractivity contribution in [2.75, 3.05) is 0 Å². The zero-order valence-corrected chi connectivity index (χ0v) is 12.8. The average molecular weight is 292 g/mol. The van der Waals surface area contributed by atoms with Gasteiger partial charge in [-0.15, -0.1) is 0 Å². The van der Waals surface area contributed by atoms with E-state index < -0.39 is 0 Å². The molecule has 0 heterocycles. The Morgan fingerprint density at radius 3 is 2.55 bits per heavy atom. The van der Waals surface area contributed by atoms with Gasteiger partial charge in [0, 0.05) is 17.6 Å². The molecular weight excluding hydrogens is 273 g/mol. The summed E-state index contributed by atoms with van der Waals surface area (Å²) in [5.74, 6) is -0.298. The van der Waals surface area contributed by atoms with E-state index in [9.17, 15) is 4.39 Å². The highest BCUT2D eigenvalue weighted by Gasteiger charge is 2.08. The second-order valence-electron chi connectivity index (χ2n) is 5.24. The fourth-order valence-corrected chi connectivity index (χ4v) is 2.65. The number of aryl methyl sites for hydroxylation is 2. The molecule has 20 heavy (non-hydrogen) atoms. The Balaban J connectivity index is 2.06. The van der Waals surface area contributed by atoms with Gasteiger partial charge in [-0.1, -0.05) is 35.4 Å². The van der Waals surface area contributed by atoms with Crippen LogP contribution in [0, 0.1) is 19.7 Å². The Bertz CT molecular complexity index is 590. The largest absolute Gasteiger partial charge is 0.306 e. The Morgan fingerprint density at radius 1 is 1.15 bits per heavy atom. The van der Waals surface area contributed by atoms with Gasteiger partial charge in [-0.05, 0) is 55.7 Å². The van der Waals surface area contributed by atoms with Crippen molar-refractivity contribution in [3.8, 4) is 0 Å². The quantitative estimate of drug-likeness (QED) is 0.841. The first-order valence-corrected chi connectivity index (χ1v) is 7.09. The summed E-state index contributed by atoms with van der Waals surface area (Å²) in [7, 11) is 0. The van der Waals surface area contributed by atoms with Crippen molar-refractivity contribution < 1.29 is 4.39 Å². The molecule has 0 aromatic heterocycles. The first-order chi connectivity index (χ1) is 9.45. The van der Waals surface area contributed by atoms with E-state index >= 15 is 0 Å². The molecule has 0 aliphatic heterocycles. The summed E-state index contributed by atoms with van der Waals surface area (Å²) in [4.78, 5) is 0. The highest BCUT2D eigenvalue weighted by molar-refractivity contribution is 6.30. The normalized spacial score (nSPS) is 12.4. The monoisotopic (exact) mass is 291 g/mol. The maximum Gasteiger partial charge on any atom is 0.125 e. The van der Waals surface area contributed by atoms with Gasteiger partial charge in [0.25, 0.3) is 0 Å². The standard InChI is InChI=1S/C17H19ClFN/c1-11-4-5-17(12(2)6-11)13(3)20-10-14-7-15(18)9-16(19)8-14/h4-9,13,20H,10H2,1-3H3. The summed E-state index contributed by atoms with van der Waals surface area (Å²) in [6.45, 7) is 6.90. The van der Waals surface area contributed by atoms with Crippen LogP contribution in [0.2, 0.25) is 5.02 Å². The third kappa shape index (κ3) is 3.81. The molecule has 0 radical (unpaired) electrons.